The van der Waals surface area contributed by atoms with Gasteiger partial charge in [0.1, 0.15) is 0 Å². The largest absolute Gasteiger partial charge is 0.377 e. The lowest BCUT2D eigenvalue weighted by Gasteiger charge is -2.24. The average molecular weight is 483 g/mol. The number of rotatable bonds is 6. The standard InChI is InChI=1S/C23H22N4O4S2/c1-15(28)24-23-25-20(14-32-23)16-7-4-8-17(13-16)27(33(29,30)31)22-12-6-9-18-19(22)10-5-11-21(18)26(2)3/h4-14H,1-3H3,(H,24,25,28)(H,29,30,31). The van der Waals surface area contributed by atoms with Crippen molar-refractivity contribution in [2.75, 3.05) is 28.6 Å². The van der Waals surface area contributed by atoms with Crippen molar-refractivity contribution in [3.05, 3.63) is 66.0 Å². The molecule has 2 N–H and O–H groups in total. The molecular weight excluding hydrogens is 460 g/mol. The molecule has 0 saturated carbocycles. The van der Waals surface area contributed by atoms with Gasteiger partial charge in [-0.2, -0.15) is 8.42 Å². The molecule has 0 saturated heterocycles. The summed E-state index contributed by atoms with van der Waals surface area (Å²) in [6, 6.07) is 17.6. The van der Waals surface area contributed by atoms with Crippen LogP contribution >= 0.6 is 11.3 Å². The number of anilines is 4. The molecular formula is C23H22N4O4S2. The summed E-state index contributed by atoms with van der Waals surface area (Å²) in [7, 11) is -0.838. The number of nitrogens with zero attached hydrogens (tertiary/aromatic N) is 3. The molecule has 3 aromatic carbocycles. The van der Waals surface area contributed by atoms with Gasteiger partial charge < -0.3 is 10.2 Å². The van der Waals surface area contributed by atoms with Crippen LogP contribution in [-0.2, 0) is 15.1 Å². The number of carbonyl (C=O) groups is 1. The van der Waals surface area contributed by atoms with Crippen LogP contribution in [0.2, 0.25) is 0 Å². The monoisotopic (exact) mass is 482 g/mol. The van der Waals surface area contributed by atoms with Crippen LogP contribution in [0, 0.1) is 0 Å². The first-order chi connectivity index (χ1) is 15.6. The van der Waals surface area contributed by atoms with Crippen LogP contribution in [0.3, 0.4) is 0 Å². The molecule has 33 heavy (non-hydrogen) atoms. The fraction of sp³-hybridized carbons (Fsp3) is 0.130. The third kappa shape index (κ3) is 4.68. The number of hydrogen-bond acceptors (Lipinski definition) is 6. The number of thiazole rings is 1. The molecule has 4 aromatic rings. The van der Waals surface area contributed by atoms with E-state index in [-0.39, 0.29) is 11.6 Å². The molecule has 0 aliphatic carbocycles. The average Bonchev–Trinajstić information content (AvgIpc) is 3.20. The number of fused-ring (bicyclic) bond motifs is 1. The van der Waals surface area contributed by atoms with E-state index in [4.69, 9.17) is 0 Å². The van der Waals surface area contributed by atoms with Gasteiger partial charge in [-0.25, -0.2) is 9.29 Å². The van der Waals surface area contributed by atoms with Gasteiger partial charge in [0.05, 0.1) is 17.1 Å². The molecule has 0 aliphatic heterocycles. The zero-order valence-electron chi connectivity index (χ0n) is 18.2. The van der Waals surface area contributed by atoms with E-state index < -0.39 is 10.3 Å². The van der Waals surface area contributed by atoms with Crippen molar-refractivity contribution in [3.63, 3.8) is 0 Å². The molecule has 0 bridgehead atoms. The number of carbonyl (C=O) groups excluding carboxylic acids is 1. The smallest absolute Gasteiger partial charge is 0.364 e. The van der Waals surface area contributed by atoms with E-state index in [1.165, 1.54) is 18.3 Å². The van der Waals surface area contributed by atoms with Gasteiger partial charge in [0, 0.05) is 48.4 Å². The summed E-state index contributed by atoms with van der Waals surface area (Å²) in [4.78, 5) is 17.6. The molecule has 0 atom stereocenters. The lowest BCUT2D eigenvalue weighted by Crippen LogP contribution is -2.25. The van der Waals surface area contributed by atoms with Gasteiger partial charge in [-0.05, 0) is 24.3 Å². The molecule has 170 valence electrons. The summed E-state index contributed by atoms with van der Waals surface area (Å²) in [5.41, 5.74) is 2.73. The first kappa shape index (κ1) is 22.7. The summed E-state index contributed by atoms with van der Waals surface area (Å²) in [6.07, 6.45) is 0. The summed E-state index contributed by atoms with van der Waals surface area (Å²) in [5.74, 6) is -0.227. The molecule has 1 amide bonds. The van der Waals surface area contributed by atoms with Crippen molar-refractivity contribution in [3.8, 4) is 11.3 Å². The van der Waals surface area contributed by atoms with Crippen LogP contribution < -0.4 is 14.5 Å². The van der Waals surface area contributed by atoms with Crippen LogP contribution in [0.4, 0.5) is 22.2 Å². The predicted molar refractivity (Wildman–Crippen MR) is 134 cm³/mol. The van der Waals surface area contributed by atoms with Gasteiger partial charge in [-0.3, -0.25) is 9.35 Å². The first-order valence-corrected chi connectivity index (χ1v) is 12.2. The number of benzene rings is 3. The van der Waals surface area contributed by atoms with E-state index in [2.05, 4.69) is 10.3 Å². The van der Waals surface area contributed by atoms with E-state index in [9.17, 15) is 17.8 Å². The van der Waals surface area contributed by atoms with Crippen molar-refractivity contribution < 1.29 is 17.8 Å². The maximum atomic E-state index is 12.6. The van der Waals surface area contributed by atoms with E-state index >= 15 is 0 Å². The Morgan fingerprint density at radius 3 is 2.27 bits per heavy atom. The highest BCUT2D eigenvalue weighted by Crippen LogP contribution is 2.38. The molecule has 8 nitrogen and oxygen atoms in total. The van der Waals surface area contributed by atoms with E-state index in [0.29, 0.717) is 27.5 Å². The van der Waals surface area contributed by atoms with Gasteiger partial charge in [-0.15, -0.1) is 11.3 Å². The zero-order chi connectivity index (χ0) is 23.8. The van der Waals surface area contributed by atoms with Gasteiger partial charge in [0.25, 0.3) is 0 Å². The lowest BCUT2D eigenvalue weighted by atomic mass is 10.1. The highest BCUT2D eigenvalue weighted by molar-refractivity contribution is 7.87. The van der Waals surface area contributed by atoms with Crippen molar-refractivity contribution in [1.29, 1.82) is 0 Å². The van der Waals surface area contributed by atoms with Gasteiger partial charge in [0.2, 0.25) is 5.91 Å². The Morgan fingerprint density at radius 2 is 1.64 bits per heavy atom. The van der Waals surface area contributed by atoms with E-state index in [1.807, 2.05) is 43.3 Å². The van der Waals surface area contributed by atoms with Gasteiger partial charge >= 0.3 is 10.3 Å². The number of hydrogen-bond donors (Lipinski definition) is 2. The summed E-state index contributed by atoms with van der Waals surface area (Å²) in [6.45, 7) is 1.40. The Labute approximate surface area is 196 Å². The summed E-state index contributed by atoms with van der Waals surface area (Å²) in [5, 5.41) is 6.37. The number of nitrogens with one attached hydrogen (secondary N) is 1. The van der Waals surface area contributed by atoms with Crippen molar-refractivity contribution >= 4 is 60.5 Å². The second kappa shape index (κ2) is 8.81. The van der Waals surface area contributed by atoms with Gasteiger partial charge in [0.15, 0.2) is 5.13 Å². The Bertz CT molecular complexity index is 1450. The molecule has 0 fully saturated rings. The van der Waals surface area contributed by atoms with E-state index in [1.54, 1.807) is 41.8 Å². The Hall–Kier alpha value is -3.47. The highest BCUT2D eigenvalue weighted by Gasteiger charge is 2.25. The van der Waals surface area contributed by atoms with Crippen molar-refractivity contribution in [1.82, 2.24) is 4.98 Å². The minimum Gasteiger partial charge on any atom is -0.377 e. The van der Waals surface area contributed by atoms with Crippen LogP contribution in [0.1, 0.15) is 6.92 Å². The summed E-state index contributed by atoms with van der Waals surface area (Å²) >= 11 is 1.27. The third-order valence-electron chi connectivity index (χ3n) is 4.97. The minimum atomic E-state index is -4.66. The SMILES string of the molecule is CC(=O)Nc1nc(-c2cccc(N(c3cccc4c(N(C)C)cccc34)S(=O)(=O)O)c2)cs1. The maximum absolute atomic E-state index is 12.6. The lowest BCUT2D eigenvalue weighted by molar-refractivity contribution is -0.114. The molecule has 1 aromatic heterocycles. The molecule has 0 aliphatic rings. The van der Waals surface area contributed by atoms with Gasteiger partial charge in [-0.1, -0.05) is 36.4 Å². The molecule has 10 heteroatoms. The normalized spacial score (nSPS) is 11.4. The molecule has 0 unspecified atom stereocenters. The second-order valence-corrected chi connectivity index (χ2v) is 9.67. The van der Waals surface area contributed by atoms with Crippen LogP contribution in [0.25, 0.3) is 22.0 Å². The Kier molecular flexibility index (Phi) is 6.07. The highest BCUT2D eigenvalue weighted by atomic mass is 32.2. The Morgan fingerprint density at radius 1 is 1.00 bits per heavy atom. The molecule has 0 spiro atoms. The quantitative estimate of drug-likeness (QED) is 0.378. The zero-order valence-corrected chi connectivity index (χ0v) is 19.8. The second-order valence-electron chi connectivity index (χ2n) is 7.56. The minimum absolute atomic E-state index is 0.227. The predicted octanol–water partition coefficient (Wildman–Crippen LogP) is 4.93. The first-order valence-electron chi connectivity index (χ1n) is 9.95. The van der Waals surface area contributed by atoms with Crippen molar-refractivity contribution in [2.45, 2.75) is 6.92 Å². The Balaban J connectivity index is 1.86. The summed E-state index contributed by atoms with van der Waals surface area (Å²) < 4.78 is 36.3. The van der Waals surface area contributed by atoms with Crippen LogP contribution in [0.15, 0.2) is 66.0 Å². The fourth-order valence-electron chi connectivity index (χ4n) is 3.65. The third-order valence-corrected chi connectivity index (χ3v) is 6.60. The van der Waals surface area contributed by atoms with E-state index in [0.717, 1.165) is 15.4 Å². The topological polar surface area (TPSA) is 103 Å². The van der Waals surface area contributed by atoms with Crippen LogP contribution in [0.5, 0.6) is 0 Å². The molecule has 4 rings (SSSR count). The number of aromatic nitrogens is 1. The fourth-order valence-corrected chi connectivity index (χ4v) is 5.20. The maximum Gasteiger partial charge on any atom is 0.364 e. The molecule has 0 radical (unpaired) electrons. The van der Waals surface area contributed by atoms with Crippen molar-refractivity contribution in [2.24, 2.45) is 0 Å². The van der Waals surface area contributed by atoms with Crippen LogP contribution in [-0.4, -0.2) is 38.0 Å². The molecule has 1 heterocycles. The number of amides is 1.